The molecule has 0 saturated heterocycles. The molecule has 0 aromatic rings. The Balaban J connectivity index is 2.52. The van der Waals surface area contributed by atoms with Crippen molar-refractivity contribution < 1.29 is 23.9 Å². The molecular formula is C19H34N2O5S. The van der Waals surface area contributed by atoms with Crippen LogP contribution < -0.4 is 10.6 Å². The predicted octanol–water partition coefficient (Wildman–Crippen LogP) is 3.02. The van der Waals surface area contributed by atoms with E-state index in [2.05, 4.69) is 15.4 Å². The minimum atomic E-state index is -0.559. The third kappa shape index (κ3) is 10.5. The zero-order valence-corrected chi connectivity index (χ0v) is 17.8. The molecule has 2 N–H and O–H groups in total. The maximum absolute atomic E-state index is 12.3. The molecule has 1 aliphatic carbocycles. The first-order valence-electron chi connectivity index (χ1n) is 9.58. The van der Waals surface area contributed by atoms with Crippen molar-refractivity contribution in [2.75, 3.05) is 25.2 Å². The minimum Gasteiger partial charge on any atom is -0.468 e. The average Bonchev–Trinajstić information content (AvgIpc) is 2.80. The molecule has 0 radical (unpaired) electrons. The molecular weight excluding hydrogens is 368 g/mol. The van der Waals surface area contributed by atoms with E-state index >= 15 is 0 Å². The fraction of sp³-hybridized carbons (Fsp3) is 0.842. The fourth-order valence-corrected chi connectivity index (χ4v) is 3.77. The first kappa shape index (κ1) is 23.6. The van der Waals surface area contributed by atoms with Crippen LogP contribution >= 0.6 is 11.8 Å². The maximum Gasteiger partial charge on any atom is 0.408 e. The Hall–Kier alpha value is -1.44. The Kier molecular flexibility index (Phi) is 9.98. The van der Waals surface area contributed by atoms with E-state index < -0.39 is 17.2 Å². The van der Waals surface area contributed by atoms with Gasteiger partial charge in [0.2, 0.25) is 5.91 Å². The number of hydrogen-bond acceptors (Lipinski definition) is 6. The Labute approximate surface area is 166 Å². The lowest BCUT2D eigenvalue weighted by Crippen LogP contribution is -2.56. The lowest BCUT2D eigenvalue weighted by molar-refractivity contribution is -0.137. The van der Waals surface area contributed by atoms with Gasteiger partial charge < -0.3 is 20.1 Å². The van der Waals surface area contributed by atoms with Gasteiger partial charge in [0.05, 0.1) is 18.4 Å². The highest BCUT2D eigenvalue weighted by Gasteiger charge is 2.34. The van der Waals surface area contributed by atoms with E-state index in [4.69, 9.17) is 4.74 Å². The summed E-state index contributed by atoms with van der Waals surface area (Å²) in [5.41, 5.74) is -1.02. The van der Waals surface area contributed by atoms with Gasteiger partial charge in [-0.05, 0) is 33.6 Å². The molecule has 1 saturated carbocycles. The van der Waals surface area contributed by atoms with Crippen molar-refractivity contribution in [2.24, 2.45) is 0 Å². The summed E-state index contributed by atoms with van der Waals surface area (Å²) in [5.74, 6) is 0.419. The van der Waals surface area contributed by atoms with Gasteiger partial charge in [-0.3, -0.25) is 9.59 Å². The van der Waals surface area contributed by atoms with Gasteiger partial charge in [-0.25, -0.2) is 4.79 Å². The Morgan fingerprint density at radius 3 is 2.26 bits per heavy atom. The first-order chi connectivity index (χ1) is 12.7. The van der Waals surface area contributed by atoms with Crippen LogP contribution in [0.25, 0.3) is 0 Å². The highest BCUT2D eigenvalue weighted by molar-refractivity contribution is 7.99. The standard InChI is InChI=1S/C19H34N2O5S/c1-18(2,3)26-17(24)21-19(10-7-5-6-8-11-19)14-20-15(22)9-12-27-13-16(23)25-4/h5-14H2,1-4H3,(H,20,22)(H,21,24). The largest absolute Gasteiger partial charge is 0.468 e. The summed E-state index contributed by atoms with van der Waals surface area (Å²) < 4.78 is 9.98. The van der Waals surface area contributed by atoms with Crippen LogP contribution in [0.5, 0.6) is 0 Å². The van der Waals surface area contributed by atoms with Crippen molar-refractivity contribution in [1.82, 2.24) is 10.6 Å². The van der Waals surface area contributed by atoms with Crippen LogP contribution in [0.15, 0.2) is 0 Å². The molecule has 0 bridgehead atoms. The van der Waals surface area contributed by atoms with Gasteiger partial charge in [0, 0.05) is 18.7 Å². The molecule has 0 heterocycles. The molecule has 7 nitrogen and oxygen atoms in total. The van der Waals surface area contributed by atoms with Crippen LogP contribution in [-0.4, -0.2) is 54.3 Å². The second-order valence-electron chi connectivity index (χ2n) is 7.98. The fourth-order valence-electron chi connectivity index (χ4n) is 3.01. The van der Waals surface area contributed by atoms with Crippen LogP contribution in [-0.2, 0) is 19.1 Å². The molecule has 0 atom stereocenters. The van der Waals surface area contributed by atoms with Crippen LogP contribution in [0.3, 0.4) is 0 Å². The Morgan fingerprint density at radius 1 is 1.07 bits per heavy atom. The topological polar surface area (TPSA) is 93.7 Å². The van der Waals surface area contributed by atoms with Gasteiger partial charge in [-0.2, -0.15) is 0 Å². The Morgan fingerprint density at radius 2 is 1.70 bits per heavy atom. The molecule has 8 heteroatoms. The summed E-state index contributed by atoms with van der Waals surface area (Å²) in [6.07, 6.45) is 5.83. The van der Waals surface area contributed by atoms with E-state index in [-0.39, 0.29) is 17.6 Å². The number of methoxy groups -OCH3 is 1. The van der Waals surface area contributed by atoms with Crippen molar-refractivity contribution in [3.05, 3.63) is 0 Å². The highest BCUT2D eigenvalue weighted by atomic mass is 32.2. The van der Waals surface area contributed by atoms with Crippen molar-refractivity contribution >= 4 is 29.7 Å². The monoisotopic (exact) mass is 402 g/mol. The number of carbonyl (C=O) groups is 3. The van der Waals surface area contributed by atoms with Crippen LogP contribution in [0.1, 0.15) is 65.7 Å². The molecule has 0 aromatic carbocycles. The number of amides is 2. The second-order valence-corrected chi connectivity index (χ2v) is 9.08. The average molecular weight is 403 g/mol. The van der Waals surface area contributed by atoms with Gasteiger partial charge in [0.15, 0.2) is 0 Å². The molecule has 156 valence electrons. The third-order valence-corrected chi connectivity index (χ3v) is 5.30. The van der Waals surface area contributed by atoms with Crippen LogP contribution in [0.2, 0.25) is 0 Å². The number of thioether (sulfide) groups is 1. The highest BCUT2D eigenvalue weighted by Crippen LogP contribution is 2.27. The molecule has 27 heavy (non-hydrogen) atoms. The van der Waals surface area contributed by atoms with Crippen molar-refractivity contribution in [3.8, 4) is 0 Å². The van der Waals surface area contributed by atoms with E-state index in [0.29, 0.717) is 18.7 Å². The molecule has 0 unspecified atom stereocenters. The first-order valence-corrected chi connectivity index (χ1v) is 10.7. The molecule has 1 aliphatic rings. The molecule has 1 rings (SSSR count). The van der Waals surface area contributed by atoms with Crippen LogP contribution in [0, 0.1) is 0 Å². The number of ether oxygens (including phenoxy) is 2. The summed E-state index contributed by atoms with van der Waals surface area (Å²) in [4.78, 5) is 35.5. The third-order valence-electron chi connectivity index (χ3n) is 4.37. The quantitative estimate of drug-likeness (QED) is 0.368. The number of alkyl carbamates (subject to hydrolysis) is 1. The summed E-state index contributed by atoms with van der Waals surface area (Å²) in [7, 11) is 1.35. The predicted molar refractivity (Wildman–Crippen MR) is 107 cm³/mol. The molecule has 0 aliphatic heterocycles. The number of nitrogens with one attached hydrogen (secondary N) is 2. The van der Waals surface area contributed by atoms with E-state index in [1.807, 2.05) is 20.8 Å². The minimum absolute atomic E-state index is 0.0815. The van der Waals surface area contributed by atoms with Gasteiger partial charge in [-0.1, -0.05) is 25.7 Å². The zero-order chi connectivity index (χ0) is 20.3. The SMILES string of the molecule is COC(=O)CSCCC(=O)NCC1(NC(=O)OC(C)(C)C)CCCCCC1. The van der Waals surface area contributed by atoms with Gasteiger partial charge in [0.1, 0.15) is 5.60 Å². The van der Waals surface area contributed by atoms with Crippen molar-refractivity contribution in [3.63, 3.8) is 0 Å². The van der Waals surface area contributed by atoms with Crippen molar-refractivity contribution in [1.29, 1.82) is 0 Å². The van der Waals surface area contributed by atoms with E-state index in [1.165, 1.54) is 18.9 Å². The maximum atomic E-state index is 12.3. The normalized spacial score (nSPS) is 16.7. The lowest BCUT2D eigenvalue weighted by Gasteiger charge is -2.35. The van der Waals surface area contributed by atoms with E-state index in [9.17, 15) is 14.4 Å². The summed E-state index contributed by atoms with van der Waals surface area (Å²) >= 11 is 1.37. The van der Waals surface area contributed by atoms with E-state index in [0.717, 1.165) is 38.5 Å². The second kappa shape index (κ2) is 11.4. The molecule has 0 aromatic heterocycles. The zero-order valence-electron chi connectivity index (χ0n) is 17.0. The number of hydrogen-bond donors (Lipinski definition) is 2. The Bertz CT molecular complexity index is 497. The summed E-state index contributed by atoms with van der Waals surface area (Å²) in [5, 5.41) is 5.98. The van der Waals surface area contributed by atoms with Crippen molar-refractivity contribution in [2.45, 2.75) is 76.9 Å². The molecule has 1 fully saturated rings. The summed E-state index contributed by atoms with van der Waals surface area (Å²) in [6.45, 7) is 5.90. The number of carbonyl (C=O) groups excluding carboxylic acids is 3. The molecule has 2 amide bonds. The number of esters is 1. The number of rotatable bonds is 8. The summed E-state index contributed by atoms with van der Waals surface area (Å²) in [6, 6.07) is 0. The van der Waals surface area contributed by atoms with Gasteiger partial charge in [0.25, 0.3) is 0 Å². The molecule has 0 spiro atoms. The lowest BCUT2D eigenvalue weighted by atomic mass is 9.90. The smallest absolute Gasteiger partial charge is 0.408 e. The van der Waals surface area contributed by atoms with Crippen LogP contribution in [0.4, 0.5) is 4.79 Å². The van der Waals surface area contributed by atoms with E-state index in [1.54, 1.807) is 0 Å². The van der Waals surface area contributed by atoms with Gasteiger partial charge >= 0.3 is 12.1 Å². The van der Waals surface area contributed by atoms with Gasteiger partial charge in [-0.15, -0.1) is 11.8 Å².